The number of hydrogen-bond donors (Lipinski definition) is 1. The van der Waals surface area contributed by atoms with Gasteiger partial charge in [0.15, 0.2) is 0 Å². The van der Waals surface area contributed by atoms with Gasteiger partial charge in [0.25, 0.3) is 5.91 Å². The number of halogens is 1. The van der Waals surface area contributed by atoms with Crippen LogP contribution in [0.15, 0.2) is 18.2 Å². The Morgan fingerprint density at radius 3 is 2.84 bits per heavy atom. The van der Waals surface area contributed by atoms with Gasteiger partial charge in [-0.15, -0.1) is 0 Å². The largest absolute Gasteiger partial charge is 0.337 e. The number of benzene rings is 1. The number of carbonyl (C=O) groups excluding carboxylic acids is 1. The molecule has 1 aromatic carbocycles. The van der Waals surface area contributed by atoms with Gasteiger partial charge in [0.2, 0.25) is 0 Å². The van der Waals surface area contributed by atoms with Gasteiger partial charge in [0.1, 0.15) is 0 Å². The minimum absolute atomic E-state index is 0.0711. The highest BCUT2D eigenvalue weighted by Gasteiger charge is 2.21. The van der Waals surface area contributed by atoms with E-state index in [1.54, 1.807) is 6.07 Å². The maximum absolute atomic E-state index is 12.5. The van der Waals surface area contributed by atoms with E-state index in [4.69, 9.17) is 11.6 Å². The molecule has 0 spiro atoms. The molecule has 0 aromatic heterocycles. The zero-order valence-electron chi connectivity index (χ0n) is 11.6. The van der Waals surface area contributed by atoms with E-state index in [1.807, 2.05) is 30.9 Å². The first-order valence-electron chi connectivity index (χ1n) is 6.90. The first-order chi connectivity index (χ1) is 9.10. The lowest BCUT2D eigenvalue weighted by Crippen LogP contribution is -2.41. The Morgan fingerprint density at radius 1 is 1.47 bits per heavy atom. The molecule has 104 valence electrons. The predicted octanol–water partition coefficient (Wildman–Crippen LogP) is 2.86. The van der Waals surface area contributed by atoms with Gasteiger partial charge in [0, 0.05) is 29.7 Å². The van der Waals surface area contributed by atoms with Crippen LogP contribution >= 0.6 is 11.6 Å². The summed E-state index contributed by atoms with van der Waals surface area (Å²) in [6, 6.07) is 5.96. The van der Waals surface area contributed by atoms with Gasteiger partial charge in [-0.2, -0.15) is 0 Å². The highest BCUT2D eigenvalue weighted by molar-refractivity contribution is 6.31. The highest BCUT2D eigenvalue weighted by atomic mass is 35.5. The molecule has 1 N–H and O–H groups in total. The topological polar surface area (TPSA) is 32.3 Å². The number of nitrogens with zero attached hydrogens (tertiary/aromatic N) is 1. The molecule has 1 unspecified atom stereocenters. The van der Waals surface area contributed by atoms with Gasteiger partial charge in [-0.3, -0.25) is 4.79 Å². The lowest BCUT2D eigenvalue weighted by molar-refractivity contribution is 0.0751. The number of amides is 1. The molecule has 1 atom stereocenters. The van der Waals surface area contributed by atoms with E-state index < -0.39 is 0 Å². The summed E-state index contributed by atoms with van der Waals surface area (Å²) in [5.41, 5.74) is 1.70. The molecule has 0 bridgehead atoms. The van der Waals surface area contributed by atoms with Crippen molar-refractivity contribution in [2.24, 2.45) is 0 Å². The Bertz CT molecular complexity index is 435. The quantitative estimate of drug-likeness (QED) is 0.920. The number of nitrogens with one attached hydrogen (secondary N) is 1. The van der Waals surface area contributed by atoms with E-state index in [9.17, 15) is 4.79 Å². The SMILES string of the molecule is CCN(CC1CCCN1)C(=O)c1cc(C)cc(Cl)c1. The lowest BCUT2D eigenvalue weighted by atomic mass is 10.1. The summed E-state index contributed by atoms with van der Waals surface area (Å²) >= 11 is 6.03. The van der Waals surface area contributed by atoms with E-state index in [-0.39, 0.29) is 5.91 Å². The average molecular weight is 281 g/mol. The van der Waals surface area contributed by atoms with E-state index in [2.05, 4.69) is 5.32 Å². The molecule has 2 rings (SSSR count). The maximum atomic E-state index is 12.5. The predicted molar refractivity (Wildman–Crippen MR) is 78.8 cm³/mol. The number of rotatable bonds is 4. The van der Waals surface area contributed by atoms with Crippen molar-refractivity contribution < 1.29 is 4.79 Å². The van der Waals surface area contributed by atoms with Crippen LogP contribution in [0.5, 0.6) is 0 Å². The number of hydrogen-bond acceptors (Lipinski definition) is 2. The molecule has 1 aromatic rings. The summed E-state index contributed by atoms with van der Waals surface area (Å²) in [5, 5.41) is 4.05. The van der Waals surface area contributed by atoms with Crippen LogP contribution in [0.25, 0.3) is 0 Å². The Morgan fingerprint density at radius 2 is 2.26 bits per heavy atom. The van der Waals surface area contributed by atoms with Crippen LogP contribution in [-0.2, 0) is 0 Å². The van der Waals surface area contributed by atoms with E-state index >= 15 is 0 Å². The third-order valence-electron chi connectivity index (χ3n) is 3.56. The summed E-state index contributed by atoms with van der Waals surface area (Å²) < 4.78 is 0. The standard InChI is InChI=1S/C15H21ClN2O/c1-3-18(10-14-5-4-6-17-14)15(19)12-7-11(2)8-13(16)9-12/h7-9,14,17H,3-6,10H2,1-2H3. The normalized spacial score (nSPS) is 18.6. The summed E-state index contributed by atoms with van der Waals surface area (Å²) in [6.45, 7) is 6.54. The Labute approximate surface area is 119 Å². The Balaban J connectivity index is 2.10. The maximum Gasteiger partial charge on any atom is 0.253 e. The van der Waals surface area contributed by atoms with Crippen LogP contribution in [0, 0.1) is 6.92 Å². The third kappa shape index (κ3) is 3.71. The van der Waals surface area contributed by atoms with Crippen LogP contribution in [-0.4, -0.2) is 36.5 Å². The van der Waals surface area contributed by atoms with Crippen LogP contribution in [0.2, 0.25) is 5.02 Å². The molecule has 3 nitrogen and oxygen atoms in total. The van der Waals surface area contributed by atoms with Crippen molar-refractivity contribution in [3.8, 4) is 0 Å². The molecule has 1 aliphatic rings. The zero-order chi connectivity index (χ0) is 13.8. The van der Waals surface area contributed by atoms with E-state index in [0.717, 1.165) is 31.6 Å². The number of carbonyl (C=O) groups is 1. The molecule has 1 fully saturated rings. The Hall–Kier alpha value is -1.06. The molecule has 4 heteroatoms. The summed E-state index contributed by atoms with van der Waals surface area (Å²) in [6.07, 6.45) is 2.35. The van der Waals surface area contributed by atoms with Gasteiger partial charge in [-0.1, -0.05) is 11.6 Å². The molecule has 19 heavy (non-hydrogen) atoms. The van der Waals surface area contributed by atoms with E-state index in [0.29, 0.717) is 16.6 Å². The van der Waals surface area contributed by atoms with Crippen LogP contribution in [0.3, 0.4) is 0 Å². The highest BCUT2D eigenvalue weighted by Crippen LogP contribution is 2.17. The van der Waals surface area contributed by atoms with Gasteiger partial charge >= 0.3 is 0 Å². The first-order valence-corrected chi connectivity index (χ1v) is 7.28. The van der Waals surface area contributed by atoms with E-state index in [1.165, 1.54) is 6.42 Å². The second-order valence-electron chi connectivity index (χ2n) is 5.15. The van der Waals surface area contributed by atoms with Crippen molar-refractivity contribution in [1.29, 1.82) is 0 Å². The second-order valence-corrected chi connectivity index (χ2v) is 5.59. The number of aryl methyl sites for hydroxylation is 1. The number of likely N-dealkylation sites (N-methyl/N-ethyl adjacent to an activating group) is 1. The average Bonchev–Trinajstić information content (AvgIpc) is 2.86. The van der Waals surface area contributed by atoms with Crippen molar-refractivity contribution in [2.45, 2.75) is 32.7 Å². The van der Waals surface area contributed by atoms with Crippen molar-refractivity contribution >= 4 is 17.5 Å². The fraction of sp³-hybridized carbons (Fsp3) is 0.533. The fourth-order valence-electron chi connectivity index (χ4n) is 2.58. The van der Waals surface area contributed by atoms with Crippen molar-refractivity contribution in [2.75, 3.05) is 19.6 Å². The molecule has 0 aliphatic carbocycles. The zero-order valence-corrected chi connectivity index (χ0v) is 12.3. The van der Waals surface area contributed by atoms with Gasteiger partial charge in [-0.25, -0.2) is 0 Å². The first kappa shape index (κ1) is 14.4. The molecule has 0 radical (unpaired) electrons. The molecule has 1 saturated heterocycles. The second kappa shape index (κ2) is 6.40. The minimum Gasteiger partial charge on any atom is -0.337 e. The summed E-state index contributed by atoms with van der Waals surface area (Å²) in [5.74, 6) is 0.0711. The molecule has 1 aliphatic heterocycles. The summed E-state index contributed by atoms with van der Waals surface area (Å²) in [4.78, 5) is 14.4. The van der Waals surface area contributed by atoms with Crippen LogP contribution in [0.1, 0.15) is 35.7 Å². The van der Waals surface area contributed by atoms with Gasteiger partial charge < -0.3 is 10.2 Å². The van der Waals surface area contributed by atoms with Gasteiger partial charge in [-0.05, 0) is 57.0 Å². The third-order valence-corrected chi connectivity index (χ3v) is 3.78. The molecular weight excluding hydrogens is 260 g/mol. The smallest absolute Gasteiger partial charge is 0.253 e. The van der Waals surface area contributed by atoms with Crippen molar-refractivity contribution in [1.82, 2.24) is 10.2 Å². The minimum atomic E-state index is 0.0711. The monoisotopic (exact) mass is 280 g/mol. The van der Waals surface area contributed by atoms with Crippen molar-refractivity contribution in [3.63, 3.8) is 0 Å². The lowest BCUT2D eigenvalue weighted by Gasteiger charge is -2.24. The summed E-state index contributed by atoms with van der Waals surface area (Å²) in [7, 11) is 0. The molecular formula is C15H21ClN2O. The molecule has 0 saturated carbocycles. The van der Waals surface area contributed by atoms with Gasteiger partial charge in [0.05, 0.1) is 0 Å². The Kier molecular flexibility index (Phi) is 4.83. The van der Waals surface area contributed by atoms with Crippen LogP contribution < -0.4 is 5.32 Å². The van der Waals surface area contributed by atoms with Crippen LogP contribution in [0.4, 0.5) is 0 Å². The van der Waals surface area contributed by atoms with Crippen molar-refractivity contribution in [3.05, 3.63) is 34.3 Å². The molecule has 1 heterocycles. The fourth-order valence-corrected chi connectivity index (χ4v) is 2.87. The molecule has 1 amide bonds.